The van der Waals surface area contributed by atoms with Crippen molar-refractivity contribution in [1.29, 1.82) is 0 Å². The van der Waals surface area contributed by atoms with E-state index >= 15 is 0 Å². The molecule has 4 rings (SSSR count). The number of hydrogen-bond donors (Lipinski definition) is 0. The van der Waals surface area contributed by atoms with Crippen molar-refractivity contribution in [2.75, 3.05) is 26.0 Å². The number of hydrogen-bond acceptors (Lipinski definition) is 2. The van der Waals surface area contributed by atoms with Gasteiger partial charge in [-0.3, -0.25) is 0 Å². The molecule has 26 heavy (non-hydrogen) atoms. The fourth-order valence-corrected chi connectivity index (χ4v) is 8.15. The fourth-order valence-electron chi connectivity index (χ4n) is 3.76. The molecule has 1 aliphatic heterocycles. The van der Waals surface area contributed by atoms with Crippen LogP contribution >= 0.6 is 7.26 Å². The Labute approximate surface area is 156 Å². The molecule has 1 heterocycles. The van der Waals surface area contributed by atoms with Gasteiger partial charge in [-0.05, 0) is 36.4 Å². The molecule has 1 atom stereocenters. The van der Waals surface area contributed by atoms with E-state index in [4.69, 9.17) is 9.47 Å². The van der Waals surface area contributed by atoms with E-state index in [-0.39, 0.29) is 6.10 Å². The maximum Gasteiger partial charge on any atom is 0.115 e. The molecule has 0 bridgehead atoms. The summed E-state index contributed by atoms with van der Waals surface area (Å²) in [7, 11) is -1.83. The number of ether oxygens (including phenoxy) is 2. The minimum atomic E-state index is -1.83. The Balaban J connectivity index is 1.90. The lowest BCUT2D eigenvalue weighted by atomic mass is 10.3. The lowest BCUT2D eigenvalue weighted by molar-refractivity contribution is -0.0780. The van der Waals surface area contributed by atoms with Gasteiger partial charge in [0.25, 0.3) is 0 Å². The summed E-state index contributed by atoms with van der Waals surface area (Å²) in [5, 5.41) is 4.18. The Morgan fingerprint density at radius 2 is 1.12 bits per heavy atom. The maximum absolute atomic E-state index is 6.10. The van der Waals surface area contributed by atoms with Crippen molar-refractivity contribution in [2.24, 2.45) is 0 Å². The normalized spacial score (nSPS) is 17.8. The average molecular weight is 363 g/mol. The summed E-state index contributed by atoms with van der Waals surface area (Å²) in [5.41, 5.74) is 0. The Kier molecular flexibility index (Phi) is 5.45. The highest BCUT2D eigenvalue weighted by Gasteiger charge is 2.47. The third-order valence-electron chi connectivity index (χ3n) is 4.95. The smallest absolute Gasteiger partial charge is 0.115 e. The summed E-state index contributed by atoms with van der Waals surface area (Å²) in [6.07, 6.45) is 1.09. The predicted octanol–water partition coefficient (Wildman–Crippen LogP) is 3.40. The zero-order valence-electron chi connectivity index (χ0n) is 14.8. The van der Waals surface area contributed by atoms with Gasteiger partial charge in [0.1, 0.15) is 35.4 Å². The van der Waals surface area contributed by atoms with Crippen molar-refractivity contribution in [3.05, 3.63) is 91.0 Å². The lowest BCUT2D eigenvalue weighted by Gasteiger charge is -2.32. The van der Waals surface area contributed by atoms with Crippen LogP contribution in [0.5, 0.6) is 0 Å². The summed E-state index contributed by atoms with van der Waals surface area (Å²) in [6, 6.07) is 32.8. The van der Waals surface area contributed by atoms with E-state index in [1.807, 2.05) is 0 Å². The highest BCUT2D eigenvalue weighted by atomic mass is 31.2. The molecule has 3 aromatic rings. The minimum Gasteiger partial charge on any atom is -0.376 e. The van der Waals surface area contributed by atoms with Gasteiger partial charge < -0.3 is 9.47 Å². The lowest BCUT2D eigenvalue weighted by Crippen LogP contribution is -2.41. The summed E-state index contributed by atoms with van der Waals surface area (Å²) in [6.45, 7) is 2.06. The summed E-state index contributed by atoms with van der Waals surface area (Å²) < 4.78 is 11.8. The molecule has 1 aliphatic rings. The summed E-state index contributed by atoms with van der Waals surface area (Å²) in [5.74, 6) is 0. The first-order chi connectivity index (χ1) is 12.9. The average Bonchev–Trinajstić information content (AvgIpc) is 2.75. The SMILES string of the molecule is c1ccc([P+](CC2COCCO2)(c2ccccc2)c2ccccc2)cc1. The van der Waals surface area contributed by atoms with Gasteiger partial charge in [0.05, 0.1) is 19.8 Å². The topological polar surface area (TPSA) is 18.5 Å². The molecule has 0 aliphatic carbocycles. The van der Waals surface area contributed by atoms with Crippen LogP contribution in [0.4, 0.5) is 0 Å². The van der Waals surface area contributed by atoms with Gasteiger partial charge in [-0.2, -0.15) is 0 Å². The molecule has 1 saturated heterocycles. The molecule has 132 valence electrons. The standard InChI is InChI=1S/C23H24O2P/c1-4-10-21(11-5-1)26(22-12-6-2-7-13-22,23-14-8-3-9-15-23)19-20-18-24-16-17-25-20/h1-15,20H,16-19H2/q+1. The van der Waals surface area contributed by atoms with Crippen LogP contribution in [0.25, 0.3) is 0 Å². The van der Waals surface area contributed by atoms with Crippen LogP contribution in [0.3, 0.4) is 0 Å². The van der Waals surface area contributed by atoms with E-state index in [0.29, 0.717) is 19.8 Å². The van der Waals surface area contributed by atoms with E-state index in [0.717, 1.165) is 6.16 Å². The zero-order valence-corrected chi connectivity index (χ0v) is 15.7. The van der Waals surface area contributed by atoms with Crippen LogP contribution in [-0.2, 0) is 9.47 Å². The number of benzene rings is 3. The van der Waals surface area contributed by atoms with E-state index in [2.05, 4.69) is 91.0 Å². The third kappa shape index (κ3) is 3.46. The van der Waals surface area contributed by atoms with Crippen LogP contribution in [0, 0.1) is 0 Å². The van der Waals surface area contributed by atoms with Gasteiger partial charge >= 0.3 is 0 Å². The van der Waals surface area contributed by atoms with Gasteiger partial charge in [0.15, 0.2) is 0 Å². The molecule has 1 fully saturated rings. The van der Waals surface area contributed by atoms with E-state index in [9.17, 15) is 0 Å². The largest absolute Gasteiger partial charge is 0.376 e. The maximum atomic E-state index is 6.10. The molecule has 0 aromatic heterocycles. The van der Waals surface area contributed by atoms with Crippen molar-refractivity contribution in [3.8, 4) is 0 Å². The Hall–Kier alpha value is -1.99. The second-order valence-electron chi connectivity index (χ2n) is 6.57. The van der Waals surface area contributed by atoms with E-state index < -0.39 is 7.26 Å². The first-order valence-electron chi connectivity index (χ1n) is 9.14. The first-order valence-corrected chi connectivity index (χ1v) is 11.1. The summed E-state index contributed by atoms with van der Waals surface area (Å²) in [4.78, 5) is 0. The van der Waals surface area contributed by atoms with Crippen LogP contribution < -0.4 is 15.9 Å². The third-order valence-corrected chi connectivity index (χ3v) is 9.45. The molecule has 3 heteroatoms. The molecular formula is C23H24O2P+. The van der Waals surface area contributed by atoms with Crippen molar-refractivity contribution >= 4 is 23.2 Å². The van der Waals surface area contributed by atoms with Crippen LogP contribution in [0.2, 0.25) is 0 Å². The van der Waals surface area contributed by atoms with Gasteiger partial charge in [-0.25, -0.2) is 0 Å². The van der Waals surface area contributed by atoms with Crippen molar-refractivity contribution < 1.29 is 9.47 Å². The van der Waals surface area contributed by atoms with Crippen molar-refractivity contribution in [2.45, 2.75) is 6.10 Å². The Bertz CT molecular complexity index is 703. The fraction of sp³-hybridized carbons (Fsp3) is 0.217. The van der Waals surface area contributed by atoms with Gasteiger partial charge in [-0.1, -0.05) is 54.6 Å². The molecule has 0 spiro atoms. The quantitative estimate of drug-likeness (QED) is 0.647. The van der Waals surface area contributed by atoms with E-state index in [1.54, 1.807) is 0 Å². The van der Waals surface area contributed by atoms with Crippen LogP contribution in [0.15, 0.2) is 91.0 Å². The van der Waals surface area contributed by atoms with Gasteiger partial charge in [-0.15, -0.1) is 0 Å². The predicted molar refractivity (Wildman–Crippen MR) is 111 cm³/mol. The van der Waals surface area contributed by atoms with Gasteiger partial charge in [0, 0.05) is 0 Å². The molecular weight excluding hydrogens is 339 g/mol. The highest BCUT2D eigenvalue weighted by Crippen LogP contribution is 2.56. The van der Waals surface area contributed by atoms with Crippen LogP contribution in [-0.4, -0.2) is 32.1 Å². The van der Waals surface area contributed by atoms with Crippen LogP contribution in [0.1, 0.15) is 0 Å². The Morgan fingerprint density at radius 1 is 0.654 bits per heavy atom. The molecule has 0 N–H and O–H groups in total. The molecule has 3 aromatic carbocycles. The van der Waals surface area contributed by atoms with E-state index in [1.165, 1.54) is 15.9 Å². The molecule has 0 amide bonds. The van der Waals surface area contributed by atoms with Gasteiger partial charge in [0.2, 0.25) is 0 Å². The molecule has 2 nitrogen and oxygen atoms in total. The second kappa shape index (κ2) is 8.14. The molecule has 0 saturated carbocycles. The minimum absolute atomic E-state index is 0.123. The van der Waals surface area contributed by atoms with Crippen molar-refractivity contribution in [1.82, 2.24) is 0 Å². The summed E-state index contributed by atoms with van der Waals surface area (Å²) >= 11 is 0. The highest BCUT2D eigenvalue weighted by molar-refractivity contribution is 7.95. The second-order valence-corrected chi connectivity index (χ2v) is 10.1. The zero-order chi connectivity index (χ0) is 17.7. The monoisotopic (exact) mass is 363 g/mol. The molecule has 1 unspecified atom stereocenters. The van der Waals surface area contributed by atoms with Crippen molar-refractivity contribution in [3.63, 3.8) is 0 Å². The Morgan fingerprint density at radius 3 is 1.50 bits per heavy atom. The number of rotatable bonds is 5. The molecule has 0 radical (unpaired) electrons. The first kappa shape index (κ1) is 17.4.